The molecule has 160 valence electrons. The maximum Gasteiger partial charge on any atom is 0.178 e. The molecule has 0 atom stereocenters. The number of nitrogens with one attached hydrogen (secondary N) is 1. The lowest BCUT2D eigenvalue weighted by Gasteiger charge is -2.10. The van der Waals surface area contributed by atoms with Crippen molar-refractivity contribution in [3.05, 3.63) is 89.2 Å². The molecular formula is C23H17ClF2N6. The van der Waals surface area contributed by atoms with Gasteiger partial charge in [-0.3, -0.25) is 0 Å². The van der Waals surface area contributed by atoms with Gasteiger partial charge in [0, 0.05) is 23.5 Å². The van der Waals surface area contributed by atoms with Crippen molar-refractivity contribution in [2.75, 3.05) is 5.32 Å². The summed E-state index contributed by atoms with van der Waals surface area (Å²) in [5.41, 5.74) is 4.79. The number of aromatic nitrogens is 5. The lowest BCUT2D eigenvalue weighted by atomic mass is 10.1. The molecule has 0 unspecified atom stereocenters. The van der Waals surface area contributed by atoms with E-state index in [1.165, 1.54) is 22.7 Å². The van der Waals surface area contributed by atoms with Crippen molar-refractivity contribution < 1.29 is 8.78 Å². The average Bonchev–Trinajstić information content (AvgIpc) is 3.36. The molecular weight excluding hydrogens is 434 g/mol. The van der Waals surface area contributed by atoms with Crippen LogP contribution in [0.4, 0.5) is 20.2 Å². The summed E-state index contributed by atoms with van der Waals surface area (Å²) < 4.78 is 31.7. The zero-order valence-corrected chi connectivity index (χ0v) is 17.9. The van der Waals surface area contributed by atoms with E-state index in [1.54, 1.807) is 47.6 Å². The molecule has 0 aliphatic carbocycles. The molecule has 9 heteroatoms. The van der Waals surface area contributed by atoms with Gasteiger partial charge in [-0.15, -0.1) is 0 Å². The van der Waals surface area contributed by atoms with Gasteiger partial charge in [-0.1, -0.05) is 17.7 Å². The molecule has 0 aliphatic rings. The van der Waals surface area contributed by atoms with Crippen LogP contribution in [-0.4, -0.2) is 24.1 Å². The number of aryl methyl sites for hydroxylation is 2. The van der Waals surface area contributed by atoms with Crippen LogP contribution < -0.4 is 5.32 Å². The highest BCUT2D eigenvalue weighted by atomic mass is 35.5. The summed E-state index contributed by atoms with van der Waals surface area (Å²) in [4.78, 5) is 8.75. The van der Waals surface area contributed by atoms with Crippen molar-refractivity contribution in [2.45, 2.75) is 13.8 Å². The van der Waals surface area contributed by atoms with E-state index in [1.807, 2.05) is 13.8 Å². The first-order chi connectivity index (χ1) is 15.4. The van der Waals surface area contributed by atoms with Gasteiger partial charge in [-0.2, -0.15) is 5.10 Å². The largest absolute Gasteiger partial charge is 0.352 e. The Hall–Kier alpha value is -3.78. The van der Waals surface area contributed by atoms with Crippen LogP contribution in [0, 0.1) is 25.5 Å². The smallest absolute Gasteiger partial charge is 0.178 e. The molecule has 6 nitrogen and oxygen atoms in total. The summed E-state index contributed by atoms with van der Waals surface area (Å²) in [6, 6.07) is 10.9. The first-order valence-electron chi connectivity index (χ1n) is 9.77. The predicted molar refractivity (Wildman–Crippen MR) is 120 cm³/mol. The first-order valence-corrected chi connectivity index (χ1v) is 10.2. The molecule has 5 aromatic rings. The van der Waals surface area contributed by atoms with Crippen LogP contribution in [0.1, 0.15) is 11.3 Å². The van der Waals surface area contributed by atoms with E-state index >= 15 is 0 Å². The molecule has 0 fully saturated rings. The summed E-state index contributed by atoms with van der Waals surface area (Å²) in [7, 11) is 0. The number of benzene rings is 2. The molecule has 0 aliphatic heterocycles. The predicted octanol–water partition coefficient (Wildman–Crippen LogP) is 5.87. The average molecular weight is 451 g/mol. The van der Waals surface area contributed by atoms with Crippen LogP contribution in [-0.2, 0) is 0 Å². The minimum atomic E-state index is -0.414. The molecule has 0 radical (unpaired) electrons. The van der Waals surface area contributed by atoms with Crippen LogP contribution in [0.5, 0.6) is 0 Å². The summed E-state index contributed by atoms with van der Waals surface area (Å²) in [6.07, 6.45) is 4.99. The van der Waals surface area contributed by atoms with Gasteiger partial charge in [-0.25, -0.2) is 23.3 Å². The van der Waals surface area contributed by atoms with Crippen LogP contribution in [0.25, 0.3) is 22.6 Å². The maximum atomic E-state index is 14.8. The molecule has 5 rings (SSSR count). The lowest BCUT2D eigenvalue weighted by molar-refractivity contribution is 0.618. The molecule has 3 aromatic heterocycles. The molecule has 0 bridgehead atoms. The highest BCUT2D eigenvalue weighted by Crippen LogP contribution is 2.29. The molecule has 2 aromatic carbocycles. The van der Waals surface area contributed by atoms with Gasteiger partial charge in [0.2, 0.25) is 0 Å². The number of fused-ring (bicyclic) bond motifs is 1. The zero-order valence-electron chi connectivity index (χ0n) is 17.1. The third-order valence-corrected chi connectivity index (χ3v) is 5.27. The molecule has 0 saturated heterocycles. The van der Waals surface area contributed by atoms with E-state index in [-0.39, 0.29) is 11.0 Å². The Balaban J connectivity index is 1.54. The topological polar surface area (TPSA) is 60.0 Å². The summed E-state index contributed by atoms with van der Waals surface area (Å²) >= 11 is 6.20. The Bertz CT molecular complexity index is 1470. The minimum absolute atomic E-state index is 0.228. The number of hydrogen-bond donors (Lipinski definition) is 1. The van der Waals surface area contributed by atoms with Crippen molar-refractivity contribution in [1.82, 2.24) is 24.1 Å². The SMILES string of the molecule is Cc1cn(-c2ccc(Nc3cc(Cl)nn4cc(-c5cc(F)ccc5C)nc34)cc2F)cn1. The van der Waals surface area contributed by atoms with E-state index in [4.69, 9.17) is 11.6 Å². The number of imidazole rings is 2. The second kappa shape index (κ2) is 7.72. The third kappa shape index (κ3) is 3.69. The number of rotatable bonds is 4. The van der Waals surface area contributed by atoms with Crippen LogP contribution in [0.15, 0.2) is 61.2 Å². The van der Waals surface area contributed by atoms with Crippen molar-refractivity contribution in [3.63, 3.8) is 0 Å². The second-order valence-corrected chi connectivity index (χ2v) is 7.84. The van der Waals surface area contributed by atoms with E-state index in [2.05, 4.69) is 20.4 Å². The second-order valence-electron chi connectivity index (χ2n) is 7.45. The number of halogens is 3. The third-order valence-electron chi connectivity index (χ3n) is 5.09. The fourth-order valence-electron chi connectivity index (χ4n) is 3.54. The normalized spacial score (nSPS) is 11.3. The van der Waals surface area contributed by atoms with Crippen LogP contribution in [0.3, 0.4) is 0 Å². The van der Waals surface area contributed by atoms with Gasteiger partial charge in [0.15, 0.2) is 10.8 Å². The van der Waals surface area contributed by atoms with Crippen LogP contribution in [0.2, 0.25) is 5.15 Å². The van der Waals surface area contributed by atoms with E-state index in [0.29, 0.717) is 34.0 Å². The maximum absolute atomic E-state index is 14.8. The lowest BCUT2D eigenvalue weighted by Crippen LogP contribution is -2.00. The standard InChI is InChI=1S/C23H17ClF2N6/c1-13-3-4-15(25)7-17(13)20-11-32-23(29-20)19(9-22(24)30-32)28-16-5-6-21(18(26)8-16)31-10-14(2)27-12-31/h3-12,28H,1-2H3. The Labute approximate surface area is 187 Å². The monoisotopic (exact) mass is 450 g/mol. The van der Waals surface area contributed by atoms with Gasteiger partial charge in [0.1, 0.15) is 11.6 Å². The highest BCUT2D eigenvalue weighted by Gasteiger charge is 2.14. The quantitative estimate of drug-likeness (QED) is 0.372. The summed E-state index contributed by atoms with van der Waals surface area (Å²) in [6.45, 7) is 3.72. The van der Waals surface area contributed by atoms with E-state index < -0.39 is 5.82 Å². The summed E-state index contributed by atoms with van der Waals surface area (Å²) in [5.74, 6) is -0.765. The van der Waals surface area contributed by atoms with E-state index in [9.17, 15) is 8.78 Å². The molecule has 0 spiro atoms. The Morgan fingerprint density at radius 3 is 2.59 bits per heavy atom. The number of anilines is 2. The molecule has 32 heavy (non-hydrogen) atoms. The fraction of sp³-hybridized carbons (Fsp3) is 0.0870. The Morgan fingerprint density at radius 1 is 1.00 bits per heavy atom. The fourth-order valence-corrected chi connectivity index (χ4v) is 3.73. The van der Waals surface area contributed by atoms with E-state index in [0.717, 1.165) is 11.3 Å². The number of nitrogens with zero attached hydrogens (tertiary/aromatic N) is 5. The highest BCUT2D eigenvalue weighted by molar-refractivity contribution is 6.29. The zero-order chi connectivity index (χ0) is 22.4. The van der Waals surface area contributed by atoms with Gasteiger partial charge < -0.3 is 9.88 Å². The minimum Gasteiger partial charge on any atom is -0.352 e. The molecule has 3 heterocycles. The molecule has 1 N–H and O–H groups in total. The van der Waals surface area contributed by atoms with Crippen molar-refractivity contribution in [2.24, 2.45) is 0 Å². The van der Waals surface area contributed by atoms with Gasteiger partial charge in [0.25, 0.3) is 0 Å². The molecule has 0 saturated carbocycles. The Morgan fingerprint density at radius 2 is 1.84 bits per heavy atom. The van der Waals surface area contributed by atoms with Gasteiger partial charge in [0.05, 0.1) is 35.3 Å². The summed E-state index contributed by atoms with van der Waals surface area (Å²) in [5, 5.41) is 7.64. The van der Waals surface area contributed by atoms with Crippen LogP contribution >= 0.6 is 11.6 Å². The van der Waals surface area contributed by atoms with Gasteiger partial charge in [-0.05, 0) is 49.7 Å². The molecule has 0 amide bonds. The Kier molecular flexibility index (Phi) is 4.86. The van der Waals surface area contributed by atoms with Crippen molar-refractivity contribution >= 4 is 28.6 Å². The van der Waals surface area contributed by atoms with Crippen molar-refractivity contribution in [1.29, 1.82) is 0 Å². The van der Waals surface area contributed by atoms with Crippen molar-refractivity contribution in [3.8, 4) is 16.9 Å². The van der Waals surface area contributed by atoms with Gasteiger partial charge >= 0.3 is 0 Å². The first kappa shape index (κ1) is 20.1. The number of hydrogen-bond acceptors (Lipinski definition) is 4.